The van der Waals surface area contributed by atoms with Gasteiger partial charge in [0.25, 0.3) is 0 Å². The minimum absolute atomic E-state index is 0.177. The molecule has 3 nitrogen and oxygen atoms in total. The van der Waals surface area contributed by atoms with E-state index in [1.807, 2.05) is 0 Å². The van der Waals surface area contributed by atoms with Crippen LogP contribution < -0.4 is 4.74 Å². The molecule has 0 spiro atoms. The maximum Gasteiger partial charge on any atom is 0.218 e. The SMILES string of the molecule is CC[C@H]1CN(Cc2ccccc2)Cc2cc3cc(C)cc(C)c3nc2O1. The fourth-order valence-electron chi connectivity index (χ4n) is 3.86. The minimum Gasteiger partial charge on any atom is -0.473 e. The maximum absolute atomic E-state index is 6.31. The second-order valence-electron chi connectivity index (χ2n) is 7.41. The summed E-state index contributed by atoms with van der Waals surface area (Å²) in [7, 11) is 0. The third-order valence-corrected chi connectivity index (χ3v) is 5.13. The van der Waals surface area contributed by atoms with Gasteiger partial charge in [0.1, 0.15) is 6.10 Å². The van der Waals surface area contributed by atoms with Gasteiger partial charge in [-0.05, 0) is 43.5 Å². The Hall–Kier alpha value is -2.39. The van der Waals surface area contributed by atoms with E-state index in [0.29, 0.717) is 0 Å². The van der Waals surface area contributed by atoms with Gasteiger partial charge in [0.2, 0.25) is 5.88 Å². The molecule has 0 bridgehead atoms. The summed E-state index contributed by atoms with van der Waals surface area (Å²) in [5, 5.41) is 1.21. The van der Waals surface area contributed by atoms with Crippen molar-refractivity contribution in [3.05, 3.63) is 70.8 Å². The highest BCUT2D eigenvalue weighted by atomic mass is 16.5. The quantitative estimate of drug-likeness (QED) is 0.665. The van der Waals surface area contributed by atoms with E-state index in [1.54, 1.807) is 0 Å². The van der Waals surface area contributed by atoms with Gasteiger partial charge in [-0.1, -0.05) is 48.9 Å². The van der Waals surface area contributed by atoms with E-state index in [-0.39, 0.29) is 6.10 Å². The van der Waals surface area contributed by atoms with Crippen LogP contribution in [0, 0.1) is 13.8 Å². The third-order valence-electron chi connectivity index (χ3n) is 5.13. The lowest BCUT2D eigenvalue weighted by molar-refractivity contribution is 0.136. The van der Waals surface area contributed by atoms with E-state index in [0.717, 1.165) is 37.5 Å². The van der Waals surface area contributed by atoms with Gasteiger partial charge >= 0.3 is 0 Å². The van der Waals surface area contributed by atoms with Crippen LogP contribution in [-0.4, -0.2) is 22.5 Å². The molecule has 0 fully saturated rings. The second kappa shape index (κ2) is 7.08. The molecule has 0 saturated heterocycles. The molecule has 2 aromatic carbocycles. The molecule has 1 aliphatic heterocycles. The van der Waals surface area contributed by atoms with Crippen molar-refractivity contribution in [2.75, 3.05) is 6.54 Å². The van der Waals surface area contributed by atoms with Crippen LogP contribution in [0.25, 0.3) is 10.9 Å². The molecule has 1 aromatic heterocycles. The Kier molecular flexibility index (Phi) is 4.64. The lowest BCUT2D eigenvalue weighted by Gasteiger charge is -2.23. The molecule has 3 heteroatoms. The minimum atomic E-state index is 0.177. The molecule has 134 valence electrons. The Morgan fingerprint density at radius 1 is 1.12 bits per heavy atom. The highest BCUT2D eigenvalue weighted by Gasteiger charge is 2.24. The summed E-state index contributed by atoms with van der Waals surface area (Å²) in [5.41, 5.74) is 6.07. The average molecular weight is 346 g/mol. The molecule has 0 N–H and O–H groups in total. The van der Waals surface area contributed by atoms with Crippen molar-refractivity contribution in [1.29, 1.82) is 0 Å². The van der Waals surface area contributed by atoms with Gasteiger partial charge in [0.05, 0.1) is 5.52 Å². The molecule has 4 rings (SSSR count). The number of hydrogen-bond donors (Lipinski definition) is 0. The Morgan fingerprint density at radius 3 is 2.69 bits per heavy atom. The van der Waals surface area contributed by atoms with Crippen molar-refractivity contribution >= 4 is 10.9 Å². The molecule has 1 aliphatic rings. The first-order chi connectivity index (χ1) is 12.6. The fourth-order valence-corrected chi connectivity index (χ4v) is 3.86. The summed E-state index contributed by atoms with van der Waals surface area (Å²) in [4.78, 5) is 7.38. The zero-order chi connectivity index (χ0) is 18.1. The van der Waals surface area contributed by atoms with Gasteiger partial charge in [-0.3, -0.25) is 4.90 Å². The van der Waals surface area contributed by atoms with Crippen molar-refractivity contribution in [2.24, 2.45) is 0 Å². The first-order valence-electron chi connectivity index (χ1n) is 9.46. The number of benzene rings is 2. The van der Waals surface area contributed by atoms with Crippen LogP contribution >= 0.6 is 0 Å². The molecular weight excluding hydrogens is 320 g/mol. The van der Waals surface area contributed by atoms with Crippen LogP contribution in [0.15, 0.2) is 48.5 Å². The summed E-state index contributed by atoms with van der Waals surface area (Å²) in [5.74, 6) is 0.812. The Morgan fingerprint density at radius 2 is 1.92 bits per heavy atom. The van der Waals surface area contributed by atoms with Crippen LogP contribution in [-0.2, 0) is 13.1 Å². The van der Waals surface area contributed by atoms with Crippen molar-refractivity contribution in [1.82, 2.24) is 9.88 Å². The molecule has 0 aliphatic carbocycles. The van der Waals surface area contributed by atoms with Crippen molar-refractivity contribution in [3.63, 3.8) is 0 Å². The number of pyridine rings is 1. The van der Waals surface area contributed by atoms with Crippen LogP contribution in [0.2, 0.25) is 0 Å². The molecule has 0 saturated carbocycles. The monoisotopic (exact) mass is 346 g/mol. The molecule has 3 aromatic rings. The Bertz CT molecular complexity index is 920. The number of aryl methyl sites for hydroxylation is 2. The zero-order valence-corrected chi connectivity index (χ0v) is 15.8. The number of hydrogen-bond acceptors (Lipinski definition) is 3. The fraction of sp³-hybridized carbons (Fsp3) is 0.348. The molecule has 2 heterocycles. The van der Waals surface area contributed by atoms with E-state index in [4.69, 9.17) is 9.72 Å². The lowest BCUT2D eigenvalue weighted by Crippen LogP contribution is -2.32. The topological polar surface area (TPSA) is 25.4 Å². The number of nitrogens with zero attached hydrogens (tertiary/aromatic N) is 2. The van der Waals surface area contributed by atoms with Gasteiger partial charge < -0.3 is 4.74 Å². The lowest BCUT2D eigenvalue weighted by atomic mass is 10.0. The highest BCUT2D eigenvalue weighted by molar-refractivity contribution is 5.84. The summed E-state index contributed by atoms with van der Waals surface area (Å²) >= 11 is 0. The van der Waals surface area contributed by atoms with Crippen molar-refractivity contribution < 1.29 is 4.74 Å². The summed E-state index contributed by atoms with van der Waals surface area (Å²) in [6.07, 6.45) is 1.16. The van der Waals surface area contributed by atoms with Crippen LogP contribution in [0.1, 0.15) is 35.6 Å². The number of aromatic nitrogens is 1. The summed E-state index contributed by atoms with van der Waals surface area (Å²) in [6, 6.07) is 17.4. The summed E-state index contributed by atoms with van der Waals surface area (Å²) in [6.45, 7) is 9.19. The van der Waals surface area contributed by atoms with Crippen LogP contribution in [0.3, 0.4) is 0 Å². The number of fused-ring (bicyclic) bond motifs is 2. The molecule has 0 radical (unpaired) electrons. The highest BCUT2D eigenvalue weighted by Crippen LogP contribution is 2.30. The first-order valence-corrected chi connectivity index (χ1v) is 9.46. The number of rotatable bonds is 3. The van der Waals surface area contributed by atoms with E-state index >= 15 is 0 Å². The Balaban J connectivity index is 1.72. The van der Waals surface area contributed by atoms with Crippen molar-refractivity contribution in [3.8, 4) is 5.88 Å². The van der Waals surface area contributed by atoms with Crippen LogP contribution in [0.5, 0.6) is 5.88 Å². The second-order valence-corrected chi connectivity index (χ2v) is 7.41. The zero-order valence-electron chi connectivity index (χ0n) is 15.8. The van der Waals surface area contributed by atoms with Crippen LogP contribution in [0.4, 0.5) is 0 Å². The van der Waals surface area contributed by atoms with E-state index < -0.39 is 0 Å². The number of ether oxygens (including phenoxy) is 1. The predicted molar refractivity (Wildman–Crippen MR) is 106 cm³/mol. The standard InChI is InChI=1S/C23H26N2O/c1-4-21-15-25(13-18-8-6-5-7-9-18)14-20-12-19-11-16(2)10-17(3)22(19)24-23(20)26-21/h5-12,21H,4,13-15H2,1-3H3/t21-/m0/s1. The molecule has 26 heavy (non-hydrogen) atoms. The van der Waals surface area contributed by atoms with Crippen molar-refractivity contribution in [2.45, 2.75) is 46.4 Å². The van der Waals surface area contributed by atoms with Gasteiger partial charge in [-0.25, -0.2) is 4.98 Å². The first kappa shape index (κ1) is 17.0. The predicted octanol–water partition coefficient (Wildman–Crippen LogP) is 5.02. The van der Waals surface area contributed by atoms with Gasteiger partial charge in [-0.15, -0.1) is 0 Å². The normalized spacial score (nSPS) is 17.6. The Labute approximate surface area is 155 Å². The smallest absolute Gasteiger partial charge is 0.218 e. The summed E-state index contributed by atoms with van der Waals surface area (Å²) < 4.78 is 6.31. The van der Waals surface area contributed by atoms with E-state index in [2.05, 4.69) is 74.2 Å². The molecule has 0 unspecified atom stereocenters. The largest absolute Gasteiger partial charge is 0.473 e. The van der Waals surface area contributed by atoms with E-state index in [9.17, 15) is 0 Å². The average Bonchev–Trinajstić information content (AvgIpc) is 2.79. The van der Waals surface area contributed by atoms with Gasteiger partial charge in [0.15, 0.2) is 0 Å². The van der Waals surface area contributed by atoms with Gasteiger partial charge in [0, 0.05) is 30.6 Å². The third kappa shape index (κ3) is 3.45. The molecule has 0 amide bonds. The van der Waals surface area contributed by atoms with E-state index in [1.165, 1.54) is 27.6 Å². The van der Waals surface area contributed by atoms with Gasteiger partial charge in [-0.2, -0.15) is 0 Å². The molecular formula is C23H26N2O. The maximum atomic E-state index is 6.31. The molecule has 1 atom stereocenters.